The Hall–Kier alpha value is -2.25. The van der Waals surface area contributed by atoms with Crippen molar-refractivity contribution in [2.45, 2.75) is 23.9 Å². The van der Waals surface area contributed by atoms with Crippen LogP contribution in [0.25, 0.3) is 0 Å². The van der Waals surface area contributed by atoms with Crippen molar-refractivity contribution < 1.29 is 17.6 Å². The minimum Gasteiger partial charge on any atom is -0.346 e. The molecule has 1 amide bonds. The van der Waals surface area contributed by atoms with E-state index in [1.54, 1.807) is 6.07 Å². The molecule has 0 radical (unpaired) electrons. The van der Waals surface area contributed by atoms with E-state index in [1.165, 1.54) is 12.1 Å². The lowest BCUT2D eigenvalue weighted by molar-refractivity contribution is 0.0917. The number of benzene rings is 2. The van der Waals surface area contributed by atoms with Crippen LogP contribution in [0.15, 0.2) is 53.4 Å². The monoisotopic (exact) mass is 348 g/mol. The second kappa shape index (κ2) is 6.70. The lowest BCUT2D eigenvalue weighted by Crippen LogP contribution is -2.42. The summed E-state index contributed by atoms with van der Waals surface area (Å²) in [5.74, 6) is -0.445. The molecule has 0 fully saturated rings. The maximum atomic E-state index is 12.8. The van der Waals surface area contributed by atoms with Crippen LogP contribution in [0, 0.1) is 0 Å². The third-order valence-corrected chi connectivity index (χ3v) is 5.33. The molecule has 0 aromatic heterocycles. The van der Waals surface area contributed by atoms with Crippen LogP contribution in [0.1, 0.15) is 21.5 Å². The Morgan fingerprint density at radius 2 is 1.92 bits per heavy atom. The summed E-state index contributed by atoms with van der Waals surface area (Å²) in [4.78, 5) is 12.0. The Morgan fingerprint density at radius 3 is 2.62 bits per heavy atom. The third-order valence-electron chi connectivity index (χ3n) is 3.93. The van der Waals surface area contributed by atoms with Gasteiger partial charge in [0.25, 0.3) is 5.91 Å². The fraction of sp³-hybridized carbons (Fsp3) is 0.235. The molecule has 0 aliphatic carbocycles. The van der Waals surface area contributed by atoms with E-state index in [2.05, 4.69) is 10.0 Å². The van der Waals surface area contributed by atoms with Crippen LogP contribution in [0.5, 0.6) is 0 Å². The molecule has 1 heterocycles. The van der Waals surface area contributed by atoms with Crippen molar-refractivity contribution in [2.75, 3.05) is 6.67 Å². The highest BCUT2D eigenvalue weighted by Gasteiger charge is 2.26. The van der Waals surface area contributed by atoms with Crippen molar-refractivity contribution in [3.63, 3.8) is 0 Å². The number of carbonyl (C=O) groups is 1. The standard InChI is InChI=1S/C17H17FN2O3S/c18-10-14-8-13-6-7-15(9-16(13)17(21)20-14)24(22,23)19-11-12-4-2-1-3-5-12/h1-7,9,14,19H,8,10-11H2,(H,20,21). The number of carbonyl (C=O) groups excluding carboxylic acids is 1. The maximum Gasteiger partial charge on any atom is 0.251 e. The Labute approximate surface area is 139 Å². The van der Waals surface area contributed by atoms with Gasteiger partial charge in [0.2, 0.25) is 10.0 Å². The van der Waals surface area contributed by atoms with Gasteiger partial charge in [-0.1, -0.05) is 36.4 Å². The number of sulfonamides is 1. The average Bonchev–Trinajstić information content (AvgIpc) is 2.60. The first-order valence-electron chi connectivity index (χ1n) is 7.53. The van der Waals surface area contributed by atoms with E-state index in [4.69, 9.17) is 0 Å². The normalized spacial score (nSPS) is 17.2. The molecule has 1 aliphatic heterocycles. The van der Waals surface area contributed by atoms with Crippen LogP contribution in [0.2, 0.25) is 0 Å². The summed E-state index contributed by atoms with van der Waals surface area (Å²) >= 11 is 0. The average molecular weight is 348 g/mol. The summed E-state index contributed by atoms with van der Waals surface area (Å²) in [5, 5.41) is 2.53. The number of alkyl halides is 1. The summed E-state index contributed by atoms with van der Waals surface area (Å²) in [6.45, 7) is -0.486. The molecule has 7 heteroatoms. The molecule has 1 aliphatic rings. The number of nitrogens with one attached hydrogen (secondary N) is 2. The van der Waals surface area contributed by atoms with Gasteiger partial charge in [0.15, 0.2) is 0 Å². The summed E-state index contributed by atoms with van der Waals surface area (Å²) in [6, 6.07) is 13.0. The van der Waals surface area contributed by atoms with Gasteiger partial charge in [0, 0.05) is 12.1 Å². The molecule has 126 valence electrons. The molecule has 0 saturated carbocycles. The second-order valence-electron chi connectivity index (χ2n) is 5.66. The van der Waals surface area contributed by atoms with Crippen molar-refractivity contribution in [3.05, 3.63) is 65.2 Å². The Balaban J connectivity index is 1.82. The van der Waals surface area contributed by atoms with Crippen LogP contribution in [-0.2, 0) is 23.0 Å². The Morgan fingerprint density at radius 1 is 1.17 bits per heavy atom. The van der Waals surface area contributed by atoms with Crippen LogP contribution in [0.3, 0.4) is 0 Å². The van der Waals surface area contributed by atoms with E-state index >= 15 is 0 Å². The minimum absolute atomic E-state index is 0.0195. The second-order valence-corrected chi connectivity index (χ2v) is 7.42. The zero-order valence-electron chi connectivity index (χ0n) is 12.8. The van der Waals surface area contributed by atoms with Crippen LogP contribution >= 0.6 is 0 Å². The molecule has 24 heavy (non-hydrogen) atoms. The number of fused-ring (bicyclic) bond motifs is 1. The van der Waals surface area contributed by atoms with E-state index < -0.39 is 28.6 Å². The van der Waals surface area contributed by atoms with Gasteiger partial charge in [-0.2, -0.15) is 0 Å². The summed E-state index contributed by atoms with van der Waals surface area (Å²) in [6.07, 6.45) is 0.356. The van der Waals surface area contributed by atoms with E-state index in [0.717, 1.165) is 5.56 Å². The predicted molar refractivity (Wildman–Crippen MR) is 87.8 cm³/mol. The number of amides is 1. The summed E-state index contributed by atoms with van der Waals surface area (Å²) < 4.78 is 40.1. The zero-order chi connectivity index (χ0) is 17.2. The first-order chi connectivity index (χ1) is 11.5. The van der Waals surface area contributed by atoms with Crippen LogP contribution < -0.4 is 10.0 Å². The van der Waals surface area contributed by atoms with Gasteiger partial charge < -0.3 is 5.32 Å². The van der Waals surface area contributed by atoms with Crippen molar-refractivity contribution in [1.82, 2.24) is 10.0 Å². The topological polar surface area (TPSA) is 75.3 Å². The maximum absolute atomic E-state index is 12.8. The molecule has 2 aromatic rings. The van der Waals surface area contributed by atoms with Crippen LogP contribution in [-0.4, -0.2) is 27.0 Å². The third kappa shape index (κ3) is 3.47. The Bertz CT molecular complexity index is 853. The molecule has 3 rings (SSSR count). The first kappa shape index (κ1) is 16.6. The van der Waals surface area contributed by atoms with Gasteiger partial charge in [0.05, 0.1) is 10.9 Å². The molecule has 2 N–H and O–H groups in total. The zero-order valence-corrected chi connectivity index (χ0v) is 13.6. The number of hydrogen-bond acceptors (Lipinski definition) is 3. The summed E-state index contributed by atoms with van der Waals surface area (Å²) in [5.41, 5.74) is 1.77. The Kier molecular flexibility index (Phi) is 4.64. The SMILES string of the molecule is O=C1NC(CF)Cc2ccc(S(=O)(=O)NCc3ccccc3)cc21. The summed E-state index contributed by atoms with van der Waals surface area (Å²) in [7, 11) is -3.74. The molecule has 1 atom stereocenters. The lowest BCUT2D eigenvalue weighted by atomic mass is 9.96. The van der Waals surface area contributed by atoms with Gasteiger partial charge in [-0.25, -0.2) is 17.5 Å². The van der Waals surface area contributed by atoms with Crippen molar-refractivity contribution >= 4 is 15.9 Å². The molecule has 1 unspecified atom stereocenters. The fourth-order valence-electron chi connectivity index (χ4n) is 2.64. The van der Waals surface area contributed by atoms with E-state index in [0.29, 0.717) is 12.0 Å². The quantitative estimate of drug-likeness (QED) is 0.865. The molecule has 0 saturated heterocycles. The smallest absolute Gasteiger partial charge is 0.251 e. The molecule has 0 bridgehead atoms. The van der Waals surface area contributed by atoms with Gasteiger partial charge in [0.1, 0.15) is 6.67 Å². The highest BCUT2D eigenvalue weighted by molar-refractivity contribution is 7.89. The predicted octanol–water partition coefficient (Wildman–Crippen LogP) is 1.79. The molecular weight excluding hydrogens is 331 g/mol. The van der Waals surface area contributed by atoms with Crippen LogP contribution in [0.4, 0.5) is 4.39 Å². The van der Waals surface area contributed by atoms with Crippen molar-refractivity contribution in [2.24, 2.45) is 0 Å². The highest BCUT2D eigenvalue weighted by Crippen LogP contribution is 2.21. The fourth-order valence-corrected chi connectivity index (χ4v) is 3.69. The number of rotatable bonds is 5. The van der Waals surface area contributed by atoms with Gasteiger partial charge in [-0.3, -0.25) is 4.79 Å². The van der Waals surface area contributed by atoms with E-state index in [9.17, 15) is 17.6 Å². The van der Waals surface area contributed by atoms with Crippen molar-refractivity contribution in [3.8, 4) is 0 Å². The van der Waals surface area contributed by atoms with Gasteiger partial charge in [-0.15, -0.1) is 0 Å². The largest absolute Gasteiger partial charge is 0.346 e. The lowest BCUT2D eigenvalue weighted by Gasteiger charge is -2.23. The van der Waals surface area contributed by atoms with Crippen molar-refractivity contribution in [1.29, 1.82) is 0 Å². The highest BCUT2D eigenvalue weighted by atomic mass is 32.2. The molecule has 0 spiro atoms. The molecule has 5 nitrogen and oxygen atoms in total. The van der Waals surface area contributed by atoms with Gasteiger partial charge in [-0.05, 0) is 29.7 Å². The molecular formula is C17H17FN2O3S. The van der Waals surface area contributed by atoms with E-state index in [-0.39, 0.29) is 17.0 Å². The number of hydrogen-bond donors (Lipinski definition) is 2. The van der Waals surface area contributed by atoms with Gasteiger partial charge >= 0.3 is 0 Å². The minimum atomic E-state index is -3.74. The first-order valence-corrected chi connectivity index (χ1v) is 9.01. The van der Waals surface area contributed by atoms with E-state index in [1.807, 2.05) is 30.3 Å². The number of halogens is 1. The molecule has 2 aromatic carbocycles.